The second-order valence-electron chi connectivity index (χ2n) is 5.53. The van der Waals surface area contributed by atoms with Crippen LogP contribution < -0.4 is 5.32 Å². The van der Waals surface area contributed by atoms with Gasteiger partial charge in [0.05, 0.1) is 6.54 Å². The largest absolute Gasteiger partial charge is 0.305 e. The van der Waals surface area contributed by atoms with Crippen molar-refractivity contribution in [2.75, 3.05) is 5.32 Å². The van der Waals surface area contributed by atoms with E-state index in [1.807, 2.05) is 54.7 Å². The Kier molecular flexibility index (Phi) is 4.96. The lowest BCUT2D eigenvalue weighted by atomic mass is 10.1. The molecule has 0 aliphatic rings. The molecule has 3 aromatic rings. The van der Waals surface area contributed by atoms with Gasteiger partial charge in [0.15, 0.2) is 5.82 Å². The second kappa shape index (κ2) is 7.32. The third kappa shape index (κ3) is 4.03. The quantitative estimate of drug-likeness (QED) is 0.749. The van der Waals surface area contributed by atoms with Crippen LogP contribution in [0, 0.1) is 0 Å². The van der Waals surface area contributed by atoms with E-state index in [9.17, 15) is 4.79 Å². The summed E-state index contributed by atoms with van der Waals surface area (Å²) >= 11 is 5.88. The van der Waals surface area contributed by atoms with E-state index in [2.05, 4.69) is 17.3 Å². The van der Waals surface area contributed by atoms with Crippen molar-refractivity contribution >= 4 is 23.3 Å². The van der Waals surface area contributed by atoms with Crippen molar-refractivity contribution in [2.24, 2.45) is 0 Å². The highest BCUT2D eigenvalue weighted by Gasteiger charge is 2.08. The zero-order valence-corrected chi connectivity index (χ0v) is 14.1. The van der Waals surface area contributed by atoms with E-state index in [4.69, 9.17) is 11.6 Å². The third-order valence-corrected chi connectivity index (χ3v) is 4.02. The first-order chi connectivity index (χ1) is 11.6. The third-order valence-electron chi connectivity index (χ3n) is 3.76. The number of nitrogens with zero attached hydrogens (tertiary/aromatic N) is 2. The molecule has 1 heterocycles. The molecule has 0 aliphatic carbocycles. The SMILES string of the molecule is CCc1ccc(C(=O)Nc2ccn(Cc3ccc(Cl)cc3)n2)cc1. The molecule has 0 saturated carbocycles. The van der Waals surface area contributed by atoms with E-state index in [0.717, 1.165) is 12.0 Å². The van der Waals surface area contributed by atoms with Crippen molar-refractivity contribution in [3.8, 4) is 0 Å². The monoisotopic (exact) mass is 339 g/mol. The smallest absolute Gasteiger partial charge is 0.256 e. The number of aryl methyl sites for hydroxylation is 1. The van der Waals surface area contributed by atoms with Gasteiger partial charge < -0.3 is 5.32 Å². The number of amides is 1. The Morgan fingerprint density at radius 2 is 1.71 bits per heavy atom. The van der Waals surface area contributed by atoms with Crippen LogP contribution in [0.1, 0.15) is 28.4 Å². The van der Waals surface area contributed by atoms with Crippen LogP contribution in [0.5, 0.6) is 0 Å². The molecule has 0 saturated heterocycles. The highest BCUT2D eigenvalue weighted by atomic mass is 35.5. The highest BCUT2D eigenvalue weighted by Crippen LogP contribution is 2.12. The Bertz CT molecular complexity index is 823. The molecule has 122 valence electrons. The summed E-state index contributed by atoms with van der Waals surface area (Å²) in [6.45, 7) is 2.71. The first-order valence-corrected chi connectivity index (χ1v) is 8.20. The molecule has 0 bridgehead atoms. The Hall–Kier alpha value is -2.59. The van der Waals surface area contributed by atoms with Gasteiger partial charge in [0.1, 0.15) is 0 Å². The van der Waals surface area contributed by atoms with Gasteiger partial charge in [-0.3, -0.25) is 9.48 Å². The van der Waals surface area contributed by atoms with Crippen molar-refractivity contribution in [1.29, 1.82) is 0 Å². The van der Waals surface area contributed by atoms with Crippen LogP contribution in [0.3, 0.4) is 0 Å². The number of carbonyl (C=O) groups is 1. The lowest BCUT2D eigenvalue weighted by Crippen LogP contribution is -2.12. The standard InChI is InChI=1S/C19H18ClN3O/c1-2-14-3-7-16(8-4-14)19(24)21-18-11-12-23(22-18)13-15-5-9-17(20)10-6-15/h3-12H,2,13H2,1H3,(H,21,22,24). The number of benzene rings is 2. The molecule has 0 fully saturated rings. The number of rotatable bonds is 5. The van der Waals surface area contributed by atoms with E-state index >= 15 is 0 Å². The fourth-order valence-electron chi connectivity index (χ4n) is 2.37. The van der Waals surface area contributed by atoms with E-state index < -0.39 is 0 Å². The van der Waals surface area contributed by atoms with Crippen LogP contribution in [-0.2, 0) is 13.0 Å². The van der Waals surface area contributed by atoms with Gasteiger partial charge >= 0.3 is 0 Å². The summed E-state index contributed by atoms with van der Waals surface area (Å²) in [6.07, 6.45) is 2.79. The first-order valence-electron chi connectivity index (χ1n) is 7.82. The summed E-state index contributed by atoms with van der Waals surface area (Å²) in [7, 11) is 0. The van der Waals surface area contributed by atoms with Gasteiger partial charge in [-0.05, 0) is 41.8 Å². The summed E-state index contributed by atoms with van der Waals surface area (Å²) < 4.78 is 1.78. The van der Waals surface area contributed by atoms with Crippen LogP contribution >= 0.6 is 11.6 Å². The van der Waals surface area contributed by atoms with E-state index in [-0.39, 0.29) is 5.91 Å². The topological polar surface area (TPSA) is 46.9 Å². The fraction of sp³-hybridized carbons (Fsp3) is 0.158. The van der Waals surface area contributed by atoms with Crippen LogP contribution in [-0.4, -0.2) is 15.7 Å². The molecule has 1 amide bonds. The zero-order valence-electron chi connectivity index (χ0n) is 13.4. The molecule has 0 atom stereocenters. The van der Waals surface area contributed by atoms with Crippen molar-refractivity contribution < 1.29 is 4.79 Å². The molecule has 4 nitrogen and oxygen atoms in total. The molecule has 3 rings (SSSR count). The summed E-state index contributed by atoms with van der Waals surface area (Å²) in [4.78, 5) is 12.2. The van der Waals surface area contributed by atoms with Crippen LogP contribution in [0.4, 0.5) is 5.82 Å². The number of anilines is 1. The molecule has 0 unspecified atom stereocenters. The number of hydrogen-bond donors (Lipinski definition) is 1. The summed E-state index contributed by atoms with van der Waals surface area (Å²) in [5.41, 5.74) is 2.92. The molecular weight excluding hydrogens is 322 g/mol. The molecule has 0 radical (unpaired) electrons. The van der Waals surface area contributed by atoms with Crippen molar-refractivity contribution in [3.63, 3.8) is 0 Å². The molecule has 2 aromatic carbocycles. The van der Waals surface area contributed by atoms with Crippen LogP contribution in [0.25, 0.3) is 0 Å². The molecule has 1 N–H and O–H groups in total. The molecule has 0 aliphatic heterocycles. The minimum Gasteiger partial charge on any atom is -0.305 e. The predicted octanol–water partition coefficient (Wildman–Crippen LogP) is 4.40. The maximum atomic E-state index is 12.2. The van der Waals surface area contributed by atoms with Gasteiger partial charge in [-0.2, -0.15) is 5.10 Å². The van der Waals surface area contributed by atoms with Crippen molar-refractivity contribution in [1.82, 2.24) is 9.78 Å². The number of nitrogens with one attached hydrogen (secondary N) is 1. The molecule has 5 heteroatoms. The van der Waals surface area contributed by atoms with E-state index in [1.54, 1.807) is 10.7 Å². The first kappa shape index (κ1) is 16.3. The number of halogens is 1. The number of hydrogen-bond acceptors (Lipinski definition) is 2. The van der Waals surface area contributed by atoms with E-state index in [0.29, 0.717) is 22.9 Å². The van der Waals surface area contributed by atoms with Gasteiger partial charge in [-0.25, -0.2) is 0 Å². The maximum Gasteiger partial charge on any atom is 0.256 e. The van der Waals surface area contributed by atoms with Crippen LogP contribution in [0.15, 0.2) is 60.8 Å². The Balaban J connectivity index is 1.64. The highest BCUT2D eigenvalue weighted by molar-refractivity contribution is 6.30. The Labute approximate surface area is 146 Å². The summed E-state index contributed by atoms with van der Waals surface area (Å²) in [5, 5.41) is 7.91. The molecule has 1 aromatic heterocycles. The number of carbonyl (C=O) groups excluding carboxylic acids is 1. The van der Waals surface area contributed by atoms with Gasteiger partial charge in [0, 0.05) is 22.8 Å². The molecule has 24 heavy (non-hydrogen) atoms. The predicted molar refractivity (Wildman–Crippen MR) is 96.6 cm³/mol. The second-order valence-corrected chi connectivity index (χ2v) is 5.97. The summed E-state index contributed by atoms with van der Waals surface area (Å²) in [6, 6.07) is 17.0. The average molecular weight is 340 g/mol. The summed E-state index contributed by atoms with van der Waals surface area (Å²) in [5.74, 6) is 0.378. The number of aromatic nitrogens is 2. The normalized spacial score (nSPS) is 10.6. The van der Waals surface area contributed by atoms with Gasteiger partial charge in [-0.1, -0.05) is 42.8 Å². The van der Waals surface area contributed by atoms with Gasteiger partial charge in [-0.15, -0.1) is 0 Å². The fourth-order valence-corrected chi connectivity index (χ4v) is 2.50. The Morgan fingerprint density at radius 1 is 1.04 bits per heavy atom. The minimum absolute atomic E-state index is 0.158. The van der Waals surface area contributed by atoms with E-state index in [1.165, 1.54) is 5.56 Å². The van der Waals surface area contributed by atoms with Gasteiger partial charge in [0.25, 0.3) is 5.91 Å². The lowest BCUT2D eigenvalue weighted by molar-refractivity contribution is 0.102. The van der Waals surface area contributed by atoms with Gasteiger partial charge in [0.2, 0.25) is 0 Å². The van der Waals surface area contributed by atoms with Crippen molar-refractivity contribution in [3.05, 3.63) is 82.5 Å². The zero-order chi connectivity index (χ0) is 16.9. The van der Waals surface area contributed by atoms with Crippen LogP contribution in [0.2, 0.25) is 5.02 Å². The lowest BCUT2D eigenvalue weighted by Gasteiger charge is -2.04. The Morgan fingerprint density at radius 3 is 2.38 bits per heavy atom. The minimum atomic E-state index is -0.158. The van der Waals surface area contributed by atoms with Crippen molar-refractivity contribution in [2.45, 2.75) is 19.9 Å². The maximum absolute atomic E-state index is 12.2. The average Bonchev–Trinajstić information content (AvgIpc) is 3.04. The molecule has 0 spiro atoms. The molecular formula is C19H18ClN3O.